The van der Waals surface area contributed by atoms with Crippen LogP contribution in [0, 0.1) is 0 Å². The van der Waals surface area contributed by atoms with Gasteiger partial charge in [0.05, 0.1) is 8.66 Å². The summed E-state index contributed by atoms with van der Waals surface area (Å²) in [7, 11) is 0. The first kappa shape index (κ1) is 15.2. The largest absolute Gasteiger partial charge is 0.349 e. The minimum atomic E-state index is 0.0189. The molecule has 0 aliphatic heterocycles. The molecule has 17 heavy (non-hydrogen) atoms. The van der Waals surface area contributed by atoms with E-state index in [4.69, 9.17) is 0 Å². The van der Waals surface area contributed by atoms with Crippen LogP contribution in [0.5, 0.6) is 0 Å². The molecule has 1 rings (SSSR count). The number of rotatable bonds is 6. The zero-order valence-electron chi connectivity index (χ0n) is 10.1. The Labute approximate surface area is 123 Å². The second-order valence-corrected chi connectivity index (χ2v) is 7.33. The first-order valence-corrected chi connectivity index (χ1v) is 8.20. The first-order valence-electron chi connectivity index (χ1n) is 5.80. The molecule has 1 N–H and O–H groups in total. The van der Waals surface area contributed by atoms with Crippen molar-refractivity contribution in [3.05, 3.63) is 19.2 Å². The molecule has 2 nitrogen and oxygen atoms in total. The van der Waals surface area contributed by atoms with E-state index in [-0.39, 0.29) is 11.9 Å². The topological polar surface area (TPSA) is 29.1 Å². The van der Waals surface area contributed by atoms with Gasteiger partial charge in [-0.15, -0.1) is 11.3 Å². The molecule has 1 atom stereocenters. The number of thiophene rings is 1. The number of nitrogens with one attached hydrogen (secondary N) is 1. The van der Waals surface area contributed by atoms with Crippen molar-refractivity contribution in [2.45, 2.75) is 45.6 Å². The Balaban J connectivity index is 2.43. The standard InChI is InChI=1S/C12H17Br2NOS/c1-3-4-5-6-8(2)15-12(16)10-7-9(13)11(14)17-10/h7-8H,3-6H2,1-2H3,(H,15,16). The Bertz CT molecular complexity index is 359. The van der Waals surface area contributed by atoms with Crippen LogP contribution in [-0.4, -0.2) is 11.9 Å². The Hall–Kier alpha value is 0.130. The zero-order chi connectivity index (χ0) is 12.8. The number of amides is 1. The molecule has 0 aromatic carbocycles. The summed E-state index contributed by atoms with van der Waals surface area (Å²) in [6.45, 7) is 4.25. The lowest BCUT2D eigenvalue weighted by Crippen LogP contribution is -2.31. The summed E-state index contributed by atoms with van der Waals surface area (Å²) in [6, 6.07) is 2.09. The van der Waals surface area contributed by atoms with E-state index in [1.54, 1.807) is 0 Å². The smallest absolute Gasteiger partial charge is 0.261 e. The van der Waals surface area contributed by atoms with Crippen LogP contribution >= 0.6 is 43.2 Å². The molecule has 0 saturated carbocycles. The van der Waals surface area contributed by atoms with Crippen LogP contribution in [0.25, 0.3) is 0 Å². The second kappa shape index (κ2) is 7.54. The maximum atomic E-state index is 11.9. The maximum Gasteiger partial charge on any atom is 0.261 e. The van der Waals surface area contributed by atoms with Gasteiger partial charge in [0, 0.05) is 10.5 Å². The van der Waals surface area contributed by atoms with E-state index in [1.165, 1.54) is 30.6 Å². The van der Waals surface area contributed by atoms with Gasteiger partial charge < -0.3 is 5.32 Å². The van der Waals surface area contributed by atoms with Crippen molar-refractivity contribution < 1.29 is 4.79 Å². The number of carbonyl (C=O) groups excluding carboxylic acids is 1. The van der Waals surface area contributed by atoms with Crippen molar-refractivity contribution in [1.82, 2.24) is 5.32 Å². The molecule has 0 bridgehead atoms. The average Bonchev–Trinajstić information content (AvgIpc) is 2.60. The van der Waals surface area contributed by atoms with Crippen molar-refractivity contribution in [1.29, 1.82) is 0 Å². The Morgan fingerprint density at radius 3 is 2.71 bits per heavy atom. The molecular formula is C12H17Br2NOS. The van der Waals surface area contributed by atoms with Crippen LogP contribution in [0.3, 0.4) is 0 Å². The molecule has 0 radical (unpaired) electrons. The molecule has 1 unspecified atom stereocenters. The van der Waals surface area contributed by atoms with Gasteiger partial charge in [-0.1, -0.05) is 26.2 Å². The first-order chi connectivity index (χ1) is 8.04. The van der Waals surface area contributed by atoms with Gasteiger partial charge in [0.1, 0.15) is 0 Å². The third-order valence-electron chi connectivity index (χ3n) is 2.49. The molecule has 1 aromatic rings. The molecule has 0 spiro atoms. The Kier molecular flexibility index (Phi) is 6.74. The van der Waals surface area contributed by atoms with E-state index in [0.29, 0.717) is 0 Å². The minimum absolute atomic E-state index is 0.0189. The predicted molar refractivity (Wildman–Crippen MR) is 80.8 cm³/mol. The minimum Gasteiger partial charge on any atom is -0.349 e. The van der Waals surface area contributed by atoms with Crippen LogP contribution in [0.15, 0.2) is 14.3 Å². The molecular weight excluding hydrogens is 366 g/mol. The summed E-state index contributed by atoms with van der Waals surface area (Å²) in [5.74, 6) is 0.0189. The normalized spacial score (nSPS) is 12.5. The van der Waals surface area contributed by atoms with Crippen molar-refractivity contribution in [2.24, 2.45) is 0 Å². The summed E-state index contributed by atoms with van der Waals surface area (Å²) < 4.78 is 1.90. The van der Waals surface area contributed by atoms with Gasteiger partial charge >= 0.3 is 0 Å². The van der Waals surface area contributed by atoms with E-state index in [1.807, 2.05) is 6.07 Å². The molecule has 1 heterocycles. The van der Waals surface area contributed by atoms with Gasteiger partial charge in [0.15, 0.2) is 0 Å². The Morgan fingerprint density at radius 1 is 1.47 bits per heavy atom. The molecule has 1 amide bonds. The third-order valence-corrected chi connectivity index (χ3v) is 5.74. The molecule has 96 valence electrons. The van der Waals surface area contributed by atoms with Crippen LogP contribution in [-0.2, 0) is 0 Å². The van der Waals surface area contributed by atoms with Crippen LogP contribution < -0.4 is 5.32 Å². The fourth-order valence-corrected chi connectivity index (χ4v) is 3.46. The van der Waals surface area contributed by atoms with Gasteiger partial charge in [0.25, 0.3) is 5.91 Å². The van der Waals surface area contributed by atoms with Crippen molar-refractivity contribution in [2.75, 3.05) is 0 Å². The van der Waals surface area contributed by atoms with E-state index >= 15 is 0 Å². The fourth-order valence-electron chi connectivity index (χ4n) is 1.53. The lowest BCUT2D eigenvalue weighted by Gasteiger charge is -2.12. The quantitative estimate of drug-likeness (QED) is 0.691. The van der Waals surface area contributed by atoms with E-state index in [9.17, 15) is 4.79 Å². The Morgan fingerprint density at radius 2 is 2.18 bits per heavy atom. The average molecular weight is 383 g/mol. The molecule has 0 aliphatic rings. The molecule has 0 fully saturated rings. The highest BCUT2D eigenvalue weighted by Gasteiger charge is 2.13. The summed E-state index contributed by atoms with van der Waals surface area (Å²) in [4.78, 5) is 12.7. The number of unbranched alkanes of at least 4 members (excludes halogenated alkanes) is 2. The third kappa shape index (κ3) is 5.10. The SMILES string of the molecule is CCCCCC(C)NC(=O)c1cc(Br)c(Br)s1. The number of hydrogen-bond acceptors (Lipinski definition) is 2. The highest BCUT2D eigenvalue weighted by atomic mass is 79.9. The van der Waals surface area contributed by atoms with Gasteiger partial charge in [-0.3, -0.25) is 4.79 Å². The van der Waals surface area contributed by atoms with Crippen LogP contribution in [0.1, 0.15) is 49.2 Å². The summed E-state index contributed by atoms with van der Waals surface area (Å²) in [5, 5.41) is 3.03. The van der Waals surface area contributed by atoms with E-state index < -0.39 is 0 Å². The summed E-state index contributed by atoms with van der Waals surface area (Å²) in [5.41, 5.74) is 0. The van der Waals surface area contributed by atoms with Gasteiger partial charge in [0.2, 0.25) is 0 Å². The molecule has 5 heteroatoms. The van der Waals surface area contributed by atoms with Crippen LogP contribution in [0.2, 0.25) is 0 Å². The zero-order valence-corrected chi connectivity index (χ0v) is 14.0. The highest BCUT2D eigenvalue weighted by Crippen LogP contribution is 2.32. The summed E-state index contributed by atoms with van der Waals surface area (Å²) in [6.07, 6.45) is 4.67. The van der Waals surface area contributed by atoms with Crippen molar-refractivity contribution >= 4 is 49.1 Å². The molecule has 0 aliphatic carbocycles. The van der Waals surface area contributed by atoms with Crippen molar-refractivity contribution in [3.8, 4) is 0 Å². The van der Waals surface area contributed by atoms with Gasteiger partial charge in [-0.05, 0) is 51.3 Å². The summed E-state index contributed by atoms with van der Waals surface area (Å²) >= 11 is 8.23. The van der Waals surface area contributed by atoms with Crippen LogP contribution in [0.4, 0.5) is 0 Å². The van der Waals surface area contributed by atoms with Crippen molar-refractivity contribution in [3.63, 3.8) is 0 Å². The fraction of sp³-hybridized carbons (Fsp3) is 0.583. The van der Waals surface area contributed by atoms with E-state index in [2.05, 4.69) is 51.0 Å². The highest BCUT2D eigenvalue weighted by molar-refractivity contribution is 9.13. The van der Waals surface area contributed by atoms with Gasteiger partial charge in [-0.25, -0.2) is 0 Å². The molecule has 1 aromatic heterocycles. The lowest BCUT2D eigenvalue weighted by atomic mass is 10.1. The number of halogens is 2. The lowest BCUT2D eigenvalue weighted by molar-refractivity contribution is 0.0942. The number of hydrogen-bond donors (Lipinski definition) is 1. The second-order valence-electron chi connectivity index (χ2n) is 4.10. The number of carbonyl (C=O) groups is 1. The maximum absolute atomic E-state index is 11.9. The predicted octanol–water partition coefficient (Wildman–Crippen LogP) is 4.97. The monoisotopic (exact) mass is 381 g/mol. The van der Waals surface area contributed by atoms with Gasteiger partial charge in [-0.2, -0.15) is 0 Å². The molecule has 0 saturated heterocycles. The van der Waals surface area contributed by atoms with E-state index in [0.717, 1.165) is 19.6 Å².